The van der Waals surface area contributed by atoms with E-state index in [9.17, 15) is 4.57 Å². The van der Waals surface area contributed by atoms with Crippen LogP contribution in [0.3, 0.4) is 0 Å². The lowest BCUT2D eigenvalue weighted by Gasteiger charge is -2.10. The smallest absolute Gasteiger partial charge is 0.404 e. The molecule has 0 heterocycles. The zero-order chi connectivity index (χ0) is 12.8. The molecule has 1 aliphatic carbocycles. The summed E-state index contributed by atoms with van der Waals surface area (Å²) in [5.41, 5.74) is 4.07. The fraction of sp³-hybridized carbons (Fsp3) is 0.0769. The molecule has 2 N–H and O–H groups in total. The van der Waals surface area contributed by atoms with Crippen molar-refractivity contribution >= 4 is 7.82 Å². The fourth-order valence-electron chi connectivity index (χ4n) is 2.34. The van der Waals surface area contributed by atoms with E-state index >= 15 is 0 Å². The zero-order valence-electron chi connectivity index (χ0n) is 9.41. The molecule has 2 aromatic rings. The molecule has 0 fully saturated rings. The standard InChI is InChI=1S/C13H11O4P/c14-18(15,16)17-13-7-3-6-11-10-5-2-1-4-9(10)8-12(11)13/h1-7H,8H2,(H2,14,15,16). The van der Waals surface area contributed by atoms with Gasteiger partial charge in [-0.25, -0.2) is 4.57 Å². The Morgan fingerprint density at radius 1 is 1.00 bits per heavy atom. The van der Waals surface area contributed by atoms with Gasteiger partial charge in [-0.3, -0.25) is 9.79 Å². The molecule has 3 rings (SSSR count). The minimum atomic E-state index is -4.52. The van der Waals surface area contributed by atoms with Crippen LogP contribution in [0.15, 0.2) is 42.5 Å². The van der Waals surface area contributed by atoms with Crippen molar-refractivity contribution < 1.29 is 18.9 Å². The van der Waals surface area contributed by atoms with E-state index in [4.69, 9.17) is 14.3 Å². The van der Waals surface area contributed by atoms with Crippen LogP contribution < -0.4 is 4.52 Å². The van der Waals surface area contributed by atoms with Gasteiger partial charge in [0.05, 0.1) is 0 Å². The third kappa shape index (κ3) is 1.95. The topological polar surface area (TPSA) is 66.8 Å². The highest BCUT2D eigenvalue weighted by molar-refractivity contribution is 7.46. The Labute approximate surface area is 104 Å². The highest BCUT2D eigenvalue weighted by Gasteiger charge is 2.25. The molecule has 2 aromatic carbocycles. The maximum Gasteiger partial charge on any atom is 0.524 e. The molecule has 0 saturated carbocycles. The van der Waals surface area contributed by atoms with Crippen LogP contribution >= 0.6 is 7.82 Å². The van der Waals surface area contributed by atoms with E-state index in [1.807, 2.05) is 30.3 Å². The molecule has 5 heteroatoms. The van der Waals surface area contributed by atoms with Gasteiger partial charge >= 0.3 is 7.82 Å². The number of phosphoric acid groups is 1. The number of phosphoric ester groups is 1. The number of benzene rings is 2. The Morgan fingerprint density at radius 2 is 1.72 bits per heavy atom. The first-order chi connectivity index (χ1) is 8.54. The lowest BCUT2D eigenvalue weighted by atomic mass is 10.1. The molecule has 4 nitrogen and oxygen atoms in total. The first-order valence-corrected chi connectivity index (χ1v) is 7.03. The van der Waals surface area contributed by atoms with Gasteiger partial charge in [-0.05, 0) is 22.8 Å². The number of hydrogen-bond donors (Lipinski definition) is 2. The molecule has 0 atom stereocenters. The Bertz CT molecular complexity index is 660. The first kappa shape index (κ1) is 11.5. The van der Waals surface area contributed by atoms with Crippen LogP contribution in [0.1, 0.15) is 11.1 Å². The molecule has 0 amide bonds. The van der Waals surface area contributed by atoms with Crippen molar-refractivity contribution in [3.05, 3.63) is 53.6 Å². The van der Waals surface area contributed by atoms with Crippen LogP contribution in [0.25, 0.3) is 11.1 Å². The molecular weight excluding hydrogens is 251 g/mol. The van der Waals surface area contributed by atoms with Crippen molar-refractivity contribution in [2.75, 3.05) is 0 Å². The molecule has 0 aliphatic heterocycles. The summed E-state index contributed by atoms with van der Waals surface area (Å²) < 4.78 is 15.7. The monoisotopic (exact) mass is 262 g/mol. The van der Waals surface area contributed by atoms with Crippen LogP contribution in [0.4, 0.5) is 0 Å². The van der Waals surface area contributed by atoms with E-state index in [2.05, 4.69) is 0 Å². The lowest BCUT2D eigenvalue weighted by Crippen LogP contribution is -1.94. The number of hydrogen-bond acceptors (Lipinski definition) is 2. The summed E-state index contributed by atoms with van der Waals surface area (Å²) in [5, 5.41) is 0. The van der Waals surface area contributed by atoms with E-state index in [-0.39, 0.29) is 5.75 Å². The van der Waals surface area contributed by atoms with Crippen molar-refractivity contribution in [1.82, 2.24) is 0 Å². The van der Waals surface area contributed by atoms with Crippen molar-refractivity contribution in [2.24, 2.45) is 0 Å². The van der Waals surface area contributed by atoms with E-state index in [0.717, 1.165) is 22.3 Å². The molecule has 1 aliphatic rings. The van der Waals surface area contributed by atoms with E-state index < -0.39 is 7.82 Å². The summed E-state index contributed by atoms with van der Waals surface area (Å²) in [6.07, 6.45) is 0.641. The second-order valence-corrected chi connectivity index (χ2v) is 5.36. The van der Waals surface area contributed by atoms with Gasteiger partial charge < -0.3 is 4.52 Å². The summed E-state index contributed by atoms with van der Waals surface area (Å²) in [7, 11) is -4.52. The van der Waals surface area contributed by atoms with Crippen LogP contribution in [-0.2, 0) is 11.0 Å². The maximum absolute atomic E-state index is 10.9. The molecule has 0 spiro atoms. The third-order valence-electron chi connectivity index (χ3n) is 3.03. The van der Waals surface area contributed by atoms with Gasteiger partial charge in [-0.1, -0.05) is 36.4 Å². The number of rotatable bonds is 2. The molecule has 0 bridgehead atoms. The summed E-state index contributed by atoms with van der Waals surface area (Å²) in [4.78, 5) is 17.8. The van der Waals surface area contributed by atoms with Gasteiger partial charge in [0.2, 0.25) is 0 Å². The van der Waals surface area contributed by atoms with Gasteiger partial charge in [-0.15, -0.1) is 0 Å². The maximum atomic E-state index is 10.9. The molecule has 18 heavy (non-hydrogen) atoms. The molecule has 92 valence electrons. The SMILES string of the molecule is O=P(O)(O)Oc1cccc2c1Cc1ccccc1-2. The quantitative estimate of drug-likeness (QED) is 0.697. The fourth-order valence-corrected chi connectivity index (χ4v) is 2.77. The van der Waals surface area contributed by atoms with Crippen LogP contribution in [0, 0.1) is 0 Å². The number of fused-ring (bicyclic) bond motifs is 3. The van der Waals surface area contributed by atoms with Crippen LogP contribution in [0.5, 0.6) is 5.75 Å². The van der Waals surface area contributed by atoms with Gasteiger partial charge in [0.1, 0.15) is 5.75 Å². The van der Waals surface area contributed by atoms with Gasteiger partial charge in [0.25, 0.3) is 0 Å². The predicted molar refractivity (Wildman–Crippen MR) is 67.4 cm³/mol. The summed E-state index contributed by atoms with van der Waals surface area (Å²) >= 11 is 0. The second kappa shape index (κ2) is 3.95. The average Bonchev–Trinajstić information content (AvgIpc) is 2.67. The highest BCUT2D eigenvalue weighted by atomic mass is 31.2. The molecule has 0 radical (unpaired) electrons. The van der Waals surface area contributed by atoms with E-state index in [1.165, 1.54) is 0 Å². The van der Waals surface area contributed by atoms with Crippen LogP contribution in [0.2, 0.25) is 0 Å². The normalized spacial score (nSPS) is 13.0. The summed E-state index contributed by atoms with van der Waals surface area (Å²) in [6, 6.07) is 13.2. The van der Waals surface area contributed by atoms with Crippen molar-refractivity contribution in [3.63, 3.8) is 0 Å². The van der Waals surface area contributed by atoms with Crippen LogP contribution in [-0.4, -0.2) is 9.79 Å². The summed E-state index contributed by atoms with van der Waals surface area (Å²) in [5.74, 6) is 0.261. The lowest BCUT2D eigenvalue weighted by molar-refractivity contribution is 0.282. The van der Waals surface area contributed by atoms with Crippen molar-refractivity contribution in [2.45, 2.75) is 6.42 Å². The molecule has 0 aromatic heterocycles. The second-order valence-electron chi connectivity index (χ2n) is 4.20. The van der Waals surface area contributed by atoms with E-state index in [1.54, 1.807) is 12.1 Å². The first-order valence-electron chi connectivity index (χ1n) is 5.50. The van der Waals surface area contributed by atoms with Gasteiger partial charge in [0, 0.05) is 12.0 Å². The largest absolute Gasteiger partial charge is 0.524 e. The molecule has 0 unspecified atom stereocenters. The summed E-state index contributed by atoms with van der Waals surface area (Å²) in [6.45, 7) is 0. The average molecular weight is 262 g/mol. The Kier molecular flexibility index (Phi) is 2.52. The Morgan fingerprint density at radius 3 is 2.50 bits per heavy atom. The van der Waals surface area contributed by atoms with Crippen molar-refractivity contribution in [3.8, 4) is 16.9 Å². The third-order valence-corrected chi connectivity index (χ3v) is 3.46. The van der Waals surface area contributed by atoms with Crippen molar-refractivity contribution in [1.29, 1.82) is 0 Å². The minimum absolute atomic E-state index is 0.261. The Balaban J connectivity index is 2.11. The minimum Gasteiger partial charge on any atom is -0.404 e. The van der Waals surface area contributed by atoms with Gasteiger partial charge in [0.15, 0.2) is 0 Å². The van der Waals surface area contributed by atoms with Gasteiger partial charge in [-0.2, -0.15) is 0 Å². The Hall–Kier alpha value is -1.61. The molecule has 0 saturated heterocycles. The predicted octanol–water partition coefficient (Wildman–Crippen LogP) is 2.73. The molecular formula is C13H11O4P. The zero-order valence-corrected chi connectivity index (χ0v) is 10.3. The highest BCUT2D eigenvalue weighted by Crippen LogP contribution is 2.45. The van der Waals surface area contributed by atoms with E-state index in [0.29, 0.717) is 6.42 Å².